The van der Waals surface area contributed by atoms with Gasteiger partial charge in [-0.15, -0.1) is 0 Å². The molecule has 1 aliphatic rings. The van der Waals surface area contributed by atoms with E-state index in [1.165, 1.54) is 7.05 Å². The number of benzene rings is 2. The summed E-state index contributed by atoms with van der Waals surface area (Å²) in [6.07, 6.45) is 1.68. The van der Waals surface area contributed by atoms with E-state index in [1.807, 2.05) is 30.3 Å². The van der Waals surface area contributed by atoms with Gasteiger partial charge in [0.1, 0.15) is 6.61 Å². The van der Waals surface area contributed by atoms with Gasteiger partial charge in [-0.1, -0.05) is 34.1 Å². The molecule has 1 saturated heterocycles. The number of hydrogen-bond donors (Lipinski definition) is 0. The third kappa shape index (κ3) is 4.11. The van der Waals surface area contributed by atoms with Crippen molar-refractivity contribution >= 4 is 44.9 Å². The third-order valence-electron chi connectivity index (χ3n) is 3.78. The van der Waals surface area contributed by atoms with Crippen LogP contribution in [-0.2, 0) is 11.4 Å². The smallest absolute Gasteiger partial charge is 0.293 e. The molecule has 0 spiro atoms. The molecule has 0 radical (unpaired) electrons. The lowest BCUT2D eigenvalue weighted by atomic mass is 10.2. The highest BCUT2D eigenvalue weighted by Gasteiger charge is 2.31. The van der Waals surface area contributed by atoms with E-state index < -0.39 is 0 Å². The predicted octanol–water partition coefficient (Wildman–Crippen LogP) is 4.70. The number of nitrogens with zero attached hydrogens (tertiary/aromatic N) is 1. The average molecular weight is 434 g/mol. The summed E-state index contributed by atoms with van der Waals surface area (Å²) in [6, 6.07) is 13.3. The first-order valence-corrected chi connectivity index (χ1v) is 9.35. The summed E-state index contributed by atoms with van der Waals surface area (Å²) in [5, 5.41) is -0.275. The van der Waals surface area contributed by atoms with Crippen LogP contribution >= 0.6 is 27.7 Å². The summed E-state index contributed by atoms with van der Waals surface area (Å²) in [5.74, 6) is 0.872. The minimum absolute atomic E-state index is 0.275. The Hall–Kier alpha value is -2.25. The molecule has 1 aliphatic heterocycles. The average Bonchev–Trinajstić information content (AvgIpc) is 2.88. The lowest BCUT2D eigenvalue weighted by Gasteiger charge is -2.11. The van der Waals surface area contributed by atoms with Gasteiger partial charge < -0.3 is 9.47 Å². The highest BCUT2D eigenvalue weighted by Crippen LogP contribution is 2.34. The second-order valence-corrected chi connectivity index (χ2v) is 7.48. The number of carbonyl (C=O) groups is 2. The molecule has 0 saturated carbocycles. The molecule has 1 heterocycles. The first kappa shape index (κ1) is 18.5. The van der Waals surface area contributed by atoms with Gasteiger partial charge >= 0.3 is 0 Å². The Morgan fingerprint density at radius 3 is 2.46 bits per heavy atom. The number of halogens is 1. The topological polar surface area (TPSA) is 55.8 Å². The number of thioether (sulfide) groups is 1. The van der Waals surface area contributed by atoms with Gasteiger partial charge in [0.15, 0.2) is 11.5 Å². The lowest BCUT2D eigenvalue weighted by molar-refractivity contribution is -0.121. The minimum Gasteiger partial charge on any atom is -0.493 e. The molecule has 26 heavy (non-hydrogen) atoms. The van der Waals surface area contributed by atoms with Crippen molar-refractivity contribution < 1.29 is 19.1 Å². The zero-order valence-corrected chi connectivity index (χ0v) is 16.6. The van der Waals surface area contributed by atoms with Crippen molar-refractivity contribution in [2.75, 3.05) is 14.2 Å². The number of imide groups is 1. The van der Waals surface area contributed by atoms with Gasteiger partial charge in [0, 0.05) is 11.5 Å². The third-order valence-corrected chi connectivity index (χ3v) is 5.27. The zero-order chi connectivity index (χ0) is 18.7. The lowest BCUT2D eigenvalue weighted by Crippen LogP contribution is -2.22. The molecule has 0 N–H and O–H groups in total. The fourth-order valence-electron chi connectivity index (χ4n) is 2.33. The molecule has 7 heteroatoms. The minimum atomic E-state index is -0.297. The Morgan fingerprint density at radius 2 is 1.85 bits per heavy atom. The van der Waals surface area contributed by atoms with Crippen LogP contribution in [0.2, 0.25) is 0 Å². The SMILES string of the molecule is COc1cc(/C=C2\SC(=O)N(C)C2=O)ccc1OCc1ccc(Br)cc1. The molecule has 0 unspecified atom stereocenters. The van der Waals surface area contributed by atoms with Crippen molar-refractivity contribution in [2.45, 2.75) is 6.61 Å². The van der Waals surface area contributed by atoms with Crippen molar-refractivity contribution in [3.8, 4) is 11.5 Å². The van der Waals surface area contributed by atoms with Crippen molar-refractivity contribution in [3.63, 3.8) is 0 Å². The van der Waals surface area contributed by atoms with Crippen LogP contribution in [0.1, 0.15) is 11.1 Å². The standard InChI is InChI=1S/C19H16BrNO4S/c1-21-18(22)17(26-19(21)23)10-13-5-8-15(16(9-13)24-2)25-11-12-3-6-14(20)7-4-12/h3-10H,11H2,1-2H3/b17-10-. The molecule has 0 bridgehead atoms. The van der Waals surface area contributed by atoms with E-state index >= 15 is 0 Å². The molecular weight excluding hydrogens is 418 g/mol. The van der Waals surface area contributed by atoms with Gasteiger partial charge in [-0.2, -0.15) is 0 Å². The van der Waals surface area contributed by atoms with Crippen LogP contribution in [0.25, 0.3) is 6.08 Å². The van der Waals surface area contributed by atoms with E-state index in [2.05, 4.69) is 15.9 Å². The Balaban J connectivity index is 1.76. The van der Waals surface area contributed by atoms with Crippen molar-refractivity contribution in [2.24, 2.45) is 0 Å². The van der Waals surface area contributed by atoms with E-state index in [0.29, 0.717) is 23.0 Å². The van der Waals surface area contributed by atoms with E-state index in [4.69, 9.17) is 9.47 Å². The molecule has 0 aromatic heterocycles. The Morgan fingerprint density at radius 1 is 1.12 bits per heavy atom. The van der Waals surface area contributed by atoms with E-state index in [9.17, 15) is 9.59 Å². The van der Waals surface area contributed by atoms with Crippen molar-refractivity contribution in [1.82, 2.24) is 4.90 Å². The molecule has 2 aromatic carbocycles. The fourth-order valence-corrected chi connectivity index (χ4v) is 3.42. The molecule has 3 rings (SSSR count). The van der Waals surface area contributed by atoms with Gasteiger partial charge in [0.2, 0.25) is 0 Å². The molecular formula is C19H16BrNO4S. The zero-order valence-electron chi connectivity index (χ0n) is 14.2. The van der Waals surface area contributed by atoms with Crippen LogP contribution in [0.3, 0.4) is 0 Å². The molecule has 1 fully saturated rings. The number of amides is 2. The highest BCUT2D eigenvalue weighted by atomic mass is 79.9. The van der Waals surface area contributed by atoms with Crippen molar-refractivity contribution in [1.29, 1.82) is 0 Å². The summed E-state index contributed by atoms with van der Waals surface area (Å²) in [4.78, 5) is 25.1. The van der Waals surface area contributed by atoms with E-state index in [0.717, 1.165) is 32.3 Å². The summed E-state index contributed by atoms with van der Waals surface area (Å²) < 4.78 is 12.2. The van der Waals surface area contributed by atoms with Crippen LogP contribution in [-0.4, -0.2) is 30.2 Å². The second kappa shape index (κ2) is 7.97. The molecule has 2 aromatic rings. The van der Waals surface area contributed by atoms with Crippen molar-refractivity contribution in [3.05, 3.63) is 63.0 Å². The van der Waals surface area contributed by atoms with Gasteiger partial charge in [-0.3, -0.25) is 14.5 Å². The maximum Gasteiger partial charge on any atom is 0.293 e. The van der Waals surface area contributed by atoms with Gasteiger partial charge in [-0.05, 0) is 53.2 Å². The summed E-state index contributed by atoms with van der Waals surface area (Å²) in [6.45, 7) is 0.414. The monoisotopic (exact) mass is 433 g/mol. The summed E-state index contributed by atoms with van der Waals surface area (Å²) >= 11 is 4.33. The predicted molar refractivity (Wildman–Crippen MR) is 105 cm³/mol. The first-order valence-electron chi connectivity index (χ1n) is 7.75. The Labute approximate surface area is 164 Å². The number of rotatable bonds is 5. The molecule has 134 valence electrons. The van der Waals surface area contributed by atoms with Crippen LogP contribution in [0.4, 0.5) is 4.79 Å². The molecule has 0 aliphatic carbocycles. The van der Waals surface area contributed by atoms with Crippen LogP contribution < -0.4 is 9.47 Å². The maximum absolute atomic E-state index is 12.0. The largest absolute Gasteiger partial charge is 0.493 e. The number of hydrogen-bond acceptors (Lipinski definition) is 5. The van der Waals surface area contributed by atoms with E-state index in [1.54, 1.807) is 25.3 Å². The molecule has 2 amide bonds. The normalized spacial score (nSPS) is 15.7. The molecule has 5 nitrogen and oxygen atoms in total. The number of likely N-dealkylation sites (N-methyl/N-ethyl adjacent to an activating group) is 1. The molecule has 0 atom stereocenters. The van der Waals surface area contributed by atoms with Crippen LogP contribution in [0, 0.1) is 0 Å². The number of carbonyl (C=O) groups excluding carboxylic acids is 2. The number of methoxy groups -OCH3 is 1. The van der Waals surface area contributed by atoms with Crippen LogP contribution in [0.5, 0.6) is 11.5 Å². The summed E-state index contributed by atoms with van der Waals surface area (Å²) in [7, 11) is 3.03. The van der Waals surface area contributed by atoms with Gasteiger partial charge in [0.05, 0.1) is 12.0 Å². The fraction of sp³-hybridized carbons (Fsp3) is 0.158. The number of ether oxygens (including phenoxy) is 2. The van der Waals surface area contributed by atoms with Gasteiger partial charge in [0.25, 0.3) is 11.1 Å². The Bertz CT molecular complexity index is 880. The quantitative estimate of drug-likeness (QED) is 0.639. The Kier molecular flexibility index (Phi) is 5.68. The first-order chi connectivity index (χ1) is 12.5. The second-order valence-electron chi connectivity index (χ2n) is 5.57. The van der Waals surface area contributed by atoms with Crippen LogP contribution in [0.15, 0.2) is 51.8 Å². The maximum atomic E-state index is 12.0. The summed E-state index contributed by atoms with van der Waals surface area (Å²) in [5.41, 5.74) is 1.80. The van der Waals surface area contributed by atoms with E-state index in [-0.39, 0.29) is 11.1 Å². The highest BCUT2D eigenvalue weighted by molar-refractivity contribution is 9.10. The van der Waals surface area contributed by atoms with Gasteiger partial charge in [-0.25, -0.2) is 0 Å².